The van der Waals surface area contributed by atoms with Crippen molar-refractivity contribution >= 4 is 45.6 Å². The fourth-order valence-electron chi connectivity index (χ4n) is 1.51. The van der Waals surface area contributed by atoms with Gasteiger partial charge in [0.05, 0.1) is 16.8 Å². The van der Waals surface area contributed by atoms with E-state index in [1.165, 1.54) is 11.3 Å². The molecule has 0 saturated carbocycles. The SMILES string of the molecule is O=C(O)OCCC(OC(=O)O)Sc1nc2ccccc2s1. The van der Waals surface area contributed by atoms with E-state index in [9.17, 15) is 9.59 Å². The zero-order valence-corrected chi connectivity index (χ0v) is 12.2. The van der Waals surface area contributed by atoms with Crippen LogP contribution in [0.25, 0.3) is 10.2 Å². The number of rotatable bonds is 6. The number of hydrogen-bond donors (Lipinski definition) is 2. The van der Waals surface area contributed by atoms with Crippen molar-refractivity contribution in [3.8, 4) is 0 Å². The molecule has 0 bridgehead atoms. The zero-order valence-electron chi connectivity index (χ0n) is 10.6. The Hall–Kier alpha value is -2.00. The highest BCUT2D eigenvalue weighted by Crippen LogP contribution is 2.33. The van der Waals surface area contributed by atoms with Gasteiger partial charge in [-0.1, -0.05) is 23.9 Å². The third-order valence-corrected chi connectivity index (χ3v) is 4.58. The topological polar surface area (TPSA) is 106 Å². The van der Waals surface area contributed by atoms with E-state index in [0.717, 1.165) is 22.0 Å². The van der Waals surface area contributed by atoms with Crippen molar-refractivity contribution in [1.82, 2.24) is 4.98 Å². The van der Waals surface area contributed by atoms with Gasteiger partial charge in [0.25, 0.3) is 0 Å². The van der Waals surface area contributed by atoms with Crippen molar-refractivity contribution in [3.63, 3.8) is 0 Å². The van der Waals surface area contributed by atoms with E-state index in [1.807, 2.05) is 24.3 Å². The molecule has 0 fully saturated rings. The van der Waals surface area contributed by atoms with Crippen molar-refractivity contribution in [2.45, 2.75) is 16.2 Å². The molecular weight excluding hydrogens is 318 g/mol. The molecule has 2 rings (SSSR count). The first-order valence-corrected chi connectivity index (χ1v) is 7.52. The Balaban J connectivity index is 2.02. The molecule has 1 aromatic carbocycles. The molecule has 0 saturated heterocycles. The molecule has 0 aliphatic rings. The van der Waals surface area contributed by atoms with Gasteiger partial charge in [0.1, 0.15) is 0 Å². The monoisotopic (exact) mass is 329 g/mol. The number of thioether (sulfide) groups is 1. The highest BCUT2D eigenvalue weighted by atomic mass is 32.2. The number of para-hydroxylation sites is 1. The van der Waals surface area contributed by atoms with E-state index in [0.29, 0.717) is 4.34 Å². The van der Waals surface area contributed by atoms with Crippen LogP contribution in [0.15, 0.2) is 28.6 Å². The molecule has 7 nitrogen and oxygen atoms in total. The molecule has 0 aliphatic carbocycles. The smallest absolute Gasteiger partial charge is 0.450 e. The number of aromatic nitrogens is 1. The number of thiazole rings is 1. The molecule has 9 heteroatoms. The number of fused-ring (bicyclic) bond motifs is 1. The lowest BCUT2D eigenvalue weighted by Gasteiger charge is -2.13. The minimum atomic E-state index is -1.43. The van der Waals surface area contributed by atoms with Crippen molar-refractivity contribution in [1.29, 1.82) is 0 Å². The van der Waals surface area contributed by atoms with Crippen LogP contribution in [0.5, 0.6) is 0 Å². The third-order valence-electron chi connectivity index (χ3n) is 2.32. The largest absolute Gasteiger partial charge is 0.506 e. The van der Waals surface area contributed by atoms with Gasteiger partial charge >= 0.3 is 12.3 Å². The summed E-state index contributed by atoms with van der Waals surface area (Å²) >= 11 is 2.54. The first kappa shape index (κ1) is 15.4. The Kier molecular flexibility index (Phi) is 5.23. The van der Waals surface area contributed by atoms with Gasteiger partial charge in [0.2, 0.25) is 0 Å². The molecule has 21 heavy (non-hydrogen) atoms. The van der Waals surface area contributed by atoms with Gasteiger partial charge in [-0.25, -0.2) is 14.6 Å². The summed E-state index contributed by atoms with van der Waals surface area (Å²) in [6.45, 7) is -0.148. The third kappa shape index (κ3) is 4.80. The van der Waals surface area contributed by atoms with E-state index in [1.54, 1.807) is 0 Å². The summed E-state index contributed by atoms with van der Waals surface area (Å²) in [4.78, 5) is 25.3. The van der Waals surface area contributed by atoms with Crippen molar-refractivity contribution in [2.24, 2.45) is 0 Å². The number of carboxylic acid groups (broad SMARTS) is 2. The Morgan fingerprint density at radius 3 is 2.71 bits per heavy atom. The summed E-state index contributed by atoms with van der Waals surface area (Å²) in [6, 6.07) is 7.53. The molecule has 1 atom stereocenters. The van der Waals surface area contributed by atoms with Crippen LogP contribution in [0.4, 0.5) is 9.59 Å². The zero-order chi connectivity index (χ0) is 15.2. The van der Waals surface area contributed by atoms with Gasteiger partial charge in [-0.15, -0.1) is 11.3 Å². The molecule has 1 unspecified atom stereocenters. The van der Waals surface area contributed by atoms with Crippen LogP contribution in [0, 0.1) is 0 Å². The second-order valence-corrected chi connectivity index (χ2v) is 6.22. The van der Waals surface area contributed by atoms with Gasteiger partial charge in [0.15, 0.2) is 9.78 Å². The summed E-state index contributed by atoms with van der Waals surface area (Å²) < 4.78 is 10.7. The van der Waals surface area contributed by atoms with Gasteiger partial charge in [-0.3, -0.25) is 0 Å². The molecule has 1 heterocycles. The fraction of sp³-hybridized carbons (Fsp3) is 0.250. The summed E-state index contributed by atoms with van der Waals surface area (Å²) in [5.41, 5.74) is 0.0447. The maximum atomic E-state index is 10.7. The van der Waals surface area contributed by atoms with Gasteiger partial charge in [-0.2, -0.15) is 0 Å². The summed E-state index contributed by atoms with van der Waals surface area (Å²) in [6.07, 6.45) is -2.72. The van der Waals surface area contributed by atoms with Crippen LogP contribution in [-0.2, 0) is 9.47 Å². The Bertz CT molecular complexity index is 610. The molecule has 112 valence electrons. The van der Waals surface area contributed by atoms with Crippen LogP contribution in [0.3, 0.4) is 0 Å². The Morgan fingerprint density at radius 1 is 1.29 bits per heavy atom. The lowest BCUT2D eigenvalue weighted by Crippen LogP contribution is -2.16. The number of ether oxygens (including phenoxy) is 2. The minimum Gasteiger partial charge on any atom is -0.450 e. The summed E-state index contributed by atoms with van der Waals surface area (Å²) in [5, 5.41) is 17.1. The molecule has 0 spiro atoms. The average Bonchev–Trinajstić information content (AvgIpc) is 2.79. The quantitative estimate of drug-likeness (QED) is 0.471. The summed E-state index contributed by atoms with van der Waals surface area (Å²) in [7, 11) is 0. The maximum absolute atomic E-state index is 10.7. The average molecular weight is 329 g/mol. The normalized spacial score (nSPS) is 12.0. The van der Waals surface area contributed by atoms with E-state index in [4.69, 9.17) is 14.9 Å². The number of hydrogen-bond acceptors (Lipinski definition) is 7. The second-order valence-electron chi connectivity index (χ2n) is 3.78. The molecule has 0 amide bonds. The van der Waals surface area contributed by atoms with Crippen LogP contribution < -0.4 is 0 Å². The van der Waals surface area contributed by atoms with Crippen molar-refractivity contribution in [3.05, 3.63) is 24.3 Å². The van der Waals surface area contributed by atoms with Crippen LogP contribution in [0.1, 0.15) is 6.42 Å². The maximum Gasteiger partial charge on any atom is 0.506 e. The second kappa shape index (κ2) is 7.14. The predicted octanol–water partition coefficient (Wildman–Crippen LogP) is 3.49. The van der Waals surface area contributed by atoms with Crippen LogP contribution in [0.2, 0.25) is 0 Å². The number of benzene rings is 1. The van der Waals surface area contributed by atoms with E-state index >= 15 is 0 Å². The van der Waals surface area contributed by atoms with Crippen LogP contribution in [-0.4, -0.2) is 39.6 Å². The minimum absolute atomic E-state index is 0.110. The standard InChI is InChI=1S/C12H11NO6S2/c14-11(15)18-6-5-9(19-12(16)17)21-10-13-7-3-1-2-4-8(7)20-10/h1-4,9H,5-6H2,(H,14,15)(H,16,17). The summed E-state index contributed by atoms with van der Waals surface area (Å²) in [5.74, 6) is 0. The van der Waals surface area contributed by atoms with Crippen molar-refractivity contribution < 1.29 is 29.3 Å². The molecule has 0 aliphatic heterocycles. The predicted molar refractivity (Wildman–Crippen MR) is 77.0 cm³/mol. The molecule has 1 aromatic heterocycles. The van der Waals surface area contributed by atoms with Gasteiger partial charge < -0.3 is 19.7 Å². The van der Waals surface area contributed by atoms with Gasteiger partial charge in [0, 0.05) is 6.42 Å². The fourth-order valence-corrected chi connectivity index (χ4v) is 3.71. The van der Waals surface area contributed by atoms with Crippen LogP contribution >= 0.6 is 23.1 Å². The lowest BCUT2D eigenvalue weighted by atomic mass is 10.3. The Labute approximate surface area is 127 Å². The van der Waals surface area contributed by atoms with Crippen molar-refractivity contribution in [2.75, 3.05) is 6.61 Å². The van der Waals surface area contributed by atoms with E-state index in [2.05, 4.69) is 9.72 Å². The molecule has 0 radical (unpaired) electrons. The number of nitrogens with zero attached hydrogens (tertiary/aromatic N) is 1. The first-order valence-electron chi connectivity index (χ1n) is 5.82. The number of carbonyl (C=O) groups is 2. The molecule has 2 aromatic rings. The Morgan fingerprint density at radius 2 is 2.05 bits per heavy atom. The molecular formula is C12H11NO6S2. The van der Waals surface area contributed by atoms with Gasteiger partial charge in [-0.05, 0) is 12.1 Å². The van der Waals surface area contributed by atoms with E-state index < -0.39 is 17.7 Å². The highest BCUT2D eigenvalue weighted by molar-refractivity contribution is 8.01. The highest BCUT2D eigenvalue weighted by Gasteiger charge is 2.18. The molecule has 2 N–H and O–H groups in total. The lowest BCUT2D eigenvalue weighted by molar-refractivity contribution is 0.0601. The first-order chi connectivity index (χ1) is 10.0. The van der Waals surface area contributed by atoms with E-state index in [-0.39, 0.29) is 13.0 Å².